The number of rotatable bonds is 10. The lowest BCUT2D eigenvalue weighted by Crippen LogP contribution is -2.38. The second-order valence-corrected chi connectivity index (χ2v) is 7.89. The number of aromatic nitrogens is 2. The predicted octanol–water partition coefficient (Wildman–Crippen LogP) is 1.98. The molecule has 0 unspecified atom stereocenters. The number of hydroxylamine groups is 3. The van der Waals surface area contributed by atoms with Crippen LogP contribution in [0.25, 0.3) is 0 Å². The van der Waals surface area contributed by atoms with Gasteiger partial charge in [-0.25, -0.2) is 24.5 Å². The Labute approximate surface area is 175 Å². The van der Waals surface area contributed by atoms with Crippen LogP contribution in [0.15, 0.2) is 0 Å². The van der Waals surface area contributed by atoms with E-state index >= 15 is 0 Å². The van der Waals surface area contributed by atoms with Gasteiger partial charge in [-0.15, -0.1) is 0 Å². The first kappa shape index (κ1) is 22.4. The summed E-state index contributed by atoms with van der Waals surface area (Å²) in [6.45, 7) is 2.73. The number of carbonyl (C=O) groups excluding carboxylic acids is 2. The highest BCUT2D eigenvalue weighted by Crippen LogP contribution is 2.31. The molecule has 0 radical (unpaired) electrons. The molecule has 2 aliphatic rings. The topological polar surface area (TPSA) is 108 Å². The molecule has 30 heavy (non-hydrogen) atoms. The third kappa shape index (κ3) is 5.63. The van der Waals surface area contributed by atoms with Gasteiger partial charge in [-0.05, 0) is 18.8 Å². The quantitative estimate of drug-likeness (QED) is 0.337. The fourth-order valence-electron chi connectivity index (χ4n) is 4.08. The lowest BCUT2D eigenvalue weighted by molar-refractivity contribution is -0.155. The normalized spacial score (nSPS) is 17.9. The van der Waals surface area contributed by atoms with Crippen molar-refractivity contribution in [3.63, 3.8) is 0 Å². The molecule has 10 heteroatoms. The molecule has 1 aromatic rings. The highest BCUT2D eigenvalue weighted by molar-refractivity contribution is 5.79. The van der Waals surface area contributed by atoms with Crippen LogP contribution in [-0.4, -0.2) is 52.3 Å². The maximum atomic E-state index is 15.0. The number of carbonyl (C=O) groups is 2. The summed E-state index contributed by atoms with van der Waals surface area (Å²) in [5.41, 5.74) is 0.0940. The highest BCUT2D eigenvalue weighted by Gasteiger charge is 2.28. The number of hydrogen-bond acceptors (Lipinski definition) is 7. The first-order valence-electron chi connectivity index (χ1n) is 10.7. The molecule has 3 rings (SSSR count). The Morgan fingerprint density at radius 2 is 2.17 bits per heavy atom. The van der Waals surface area contributed by atoms with Crippen molar-refractivity contribution in [3.05, 3.63) is 17.3 Å². The first-order chi connectivity index (χ1) is 14.5. The van der Waals surface area contributed by atoms with Gasteiger partial charge in [-0.3, -0.25) is 19.6 Å². The Bertz CT molecular complexity index is 738. The zero-order chi connectivity index (χ0) is 21.5. The Morgan fingerprint density at radius 3 is 2.80 bits per heavy atom. The summed E-state index contributed by atoms with van der Waals surface area (Å²) in [7, 11) is 0. The number of anilines is 1. The van der Waals surface area contributed by atoms with Crippen molar-refractivity contribution in [1.82, 2.24) is 20.3 Å². The highest BCUT2D eigenvalue weighted by atomic mass is 19.1. The van der Waals surface area contributed by atoms with Gasteiger partial charge in [0.1, 0.15) is 11.5 Å². The fourth-order valence-corrected chi connectivity index (χ4v) is 4.08. The minimum Gasteiger partial charge on any atom is -0.350 e. The third-order valence-corrected chi connectivity index (χ3v) is 5.68. The molecular weight excluding hydrogens is 393 g/mol. The van der Waals surface area contributed by atoms with Crippen LogP contribution in [0.3, 0.4) is 0 Å². The minimum atomic E-state index is -0.613. The molecule has 2 N–H and O–H groups in total. The van der Waals surface area contributed by atoms with Gasteiger partial charge in [0.2, 0.25) is 12.3 Å². The maximum absolute atomic E-state index is 15.0. The molecule has 1 saturated heterocycles. The van der Waals surface area contributed by atoms with E-state index in [0.717, 1.165) is 32.1 Å². The van der Waals surface area contributed by atoms with Gasteiger partial charge < -0.3 is 5.32 Å². The van der Waals surface area contributed by atoms with Crippen molar-refractivity contribution in [3.8, 4) is 0 Å². The van der Waals surface area contributed by atoms with E-state index in [4.69, 9.17) is 4.84 Å². The molecule has 1 atom stereocenters. The van der Waals surface area contributed by atoms with Crippen molar-refractivity contribution in [2.45, 2.75) is 58.4 Å². The molecule has 1 aliphatic carbocycles. The number of nitrogens with zero attached hydrogens (tertiary/aromatic N) is 4. The Kier molecular flexibility index (Phi) is 7.92. The third-order valence-electron chi connectivity index (χ3n) is 5.68. The van der Waals surface area contributed by atoms with Gasteiger partial charge in [0, 0.05) is 13.0 Å². The van der Waals surface area contributed by atoms with Crippen LogP contribution < -0.4 is 10.4 Å². The standard InChI is InChI=1S/C20H30FN5O4/c1-2-17-23-16(18(21)19(24-17)26-8-5-9-30-26)11-22-20(28)15(12-25(29)13-27)10-14-6-3-4-7-14/h13-15,29H,2-12H2,1H3,(H,22,28)/t15-/m1/s1. The van der Waals surface area contributed by atoms with E-state index in [1.54, 1.807) is 0 Å². The lowest BCUT2D eigenvalue weighted by Gasteiger charge is -2.22. The van der Waals surface area contributed by atoms with E-state index < -0.39 is 11.7 Å². The molecule has 2 amide bonds. The second-order valence-electron chi connectivity index (χ2n) is 7.89. The van der Waals surface area contributed by atoms with Crippen LogP contribution in [-0.2, 0) is 27.4 Å². The summed E-state index contributed by atoms with van der Waals surface area (Å²) in [4.78, 5) is 37.5. The minimum absolute atomic E-state index is 0.0913. The number of hydrogen-bond donors (Lipinski definition) is 2. The van der Waals surface area contributed by atoms with Crippen molar-refractivity contribution in [1.29, 1.82) is 0 Å². The molecule has 1 aliphatic heterocycles. The van der Waals surface area contributed by atoms with Crippen LogP contribution in [0.2, 0.25) is 0 Å². The number of nitrogens with one attached hydrogen (secondary N) is 1. The summed E-state index contributed by atoms with van der Waals surface area (Å²) in [5.74, 6) is -0.566. The summed E-state index contributed by atoms with van der Waals surface area (Å²) in [5, 5.41) is 14.2. The number of halogens is 1. The Morgan fingerprint density at radius 1 is 1.40 bits per heavy atom. The molecule has 9 nitrogen and oxygen atoms in total. The fraction of sp³-hybridized carbons (Fsp3) is 0.700. The van der Waals surface area contributed by atoms with E-state index in [1.165, 1.54) is 5.06 Å². The average Bonchev–Trinajstić information content (AvgIpc) is 3.46. The van der Waals surface area contributed by atoms with Crippen molar-refractivity contribution in [2.75, 3.05) is 24.8 Å². The smallest absolute Gasteiger partial charge is 0.233 e. The van der Waals surface area contributed by atoms with Crippen molar-refractivity contribution < 1.29 is 24.0 Å². The van der Waals surface area contributed by atoms with Gasteiger partial charge in [-0.1, -0.05) is 32.6 Å². The second kappa shape index (κ2) is 10.6. The first-order valence-corrected chi connectivity index (χ1v) is 10.7. The van der Waals surface area contributed by atoms with Crippen molar-refractivity contribution in [2.24, 2.45) is 11.8 Å². The van der Waals surface area contributed by atoms with Crippen LogP contribution in [0, 0.1) is 17.7 Å². The Balaban J connectivity index is 1.70. The van der Waals surface area contributed by atoms with Crippen LogP contribution in [0.1, 0.15) is 57.0 Å². The van der Waals surface area contributed by atoms with E-state index in [9.17, 15) is 19.2 Å². The predicted molar refractivity (Wildman–Crippen MR) is 106 cm³/mol. The summed E-state index contributed by atoms with van der Waals surface area (Å²) in [6, 6.07) is 0. The molecule has 2 fully saturated rings. The van der Waals surface area contributed by atoms with Crippen LogP contribution >= 0.6 is 0 Å². The molecule has 166 valence electrons. The molecular formula is C20H30FN5O4. The Hall–Kier alpha value is -2.33. The number of amides is 2. The van der Waals surface area contributed by atoms with E-state index in [0.29, 0.717) is 42.8 Å². The maximum Gasteiger partial charge on any atom is 0.233 e. The average molecular weight is 423 g/mol. The van der Waals surface area contributed by atoms with Gasteiger partial charge in [0.05, 0.1) is 25.6 Å². The van der Waals surface area contributed by atoms with Gasteiger partial charge in [0.25, 0.3) is 0 Å². The summed E-state index contributed by atoms with van der Waals surface area (Å²) >= 11 is 0. The van der Waals surface area contributed by atoms with Crippen LogP contribution in [0.4, 0.5) is 10.2 Å². The van der Waals surface area contributed by atoms with Crippen molar-refractivity contribution >= 4 is 18.1 Å². The number of aryl methyl sites for hydroxylation is 1. The van der Waals surface area contributed by atoms with Gasteiger partial charge in [0.15, 0.2) is 11.6 Å². The lowest BCUT2D eigenvalue weighted by atomic mass is 9.92. The largest absolute Gasteiger partial charge is 0.350 e. The van der Waals surface area contributed by atoms with E-state index in [1.807, 2.05) is 6.92 Å². The molecule has 0 spiro atoms. The van der Waals surface area contributed by atoms with Crippen LogP contribution in [0.5, 0.6) is 0 Å². The zero-order valence-corrected chi connectivity index (χ0v) is 17.3. The molecule has 1 aromatic heterocycles. The summed E-state index contributed by atoms with van der Waals surface area (Å²) in [6.07, 6.45) is 6.50. The van der Waals surface area contributed by atoms with E-state index in [-0.39, 0.29) is 36.9 Å². The summed E-state index contributed by atoms with van der Waals surface area (Å²) < 4.78 is 15.0. The van der Waals surface area contributed by atoms with Gasteiger partial charge in [-0.2, -0.15) is 0 Å². The van der Waals surface area contributed by atoms with Gasteiger partial charge >= 0.3 is 0 Å². The molecule has 0 bridgehead atoms. The molecule has 0 aromatic carbocycles. The molecule has 2 heterocycles. The molecule has 1 saturated carbocycles. The van der Waals surface area contributed by atoms with E-state index in [2.05, 4.69) is 15.3 Å². The SMILES string of the molecule is CCc1nc(CNC(=O)[C@H](CC2CCCC2)CN(O)C=O)c(F)c(N2CCCO2)n1. The monoisotopic (exact) mass is 423 g/mol. The zero-order valence-electron chi connectivity index (χ0n) is 17.3.